The summed E-state index contributed by atoms with van der Waals surface area (Å²) < 4.78 is 58.5. The van der Waals surface area contributed by atoms with Gasteiger partial charge in [-0.15, -0.1) is 0 Å². The van der Waals surface area contributed by atoms with Gasteiger partial charge in [-0.3, -0.25) is 0 Å². The summed E-state index contributed by atoms with van der Waals surface area (Å²) in [6.45, 7) is 0. The van der Waals surface area contributed by atoms with Crippen molar-refractivity contribution in [3.8, 4) is 11.3 Å². The van der Waals surface area contributed by atoms with Gasteiger partial charge in [0, 0.05) is 36.4 Å². The Bertz CT molecular complexity index is 1770. The van der Waals surface area contributed by atoms with Crippen LogP contribution in [-0.2, 0) is 15.7 Å². The Hall–Kier alpha value is -3.35. The van der Waals surface area contributed by atoms with Crippen molar-refractivity contribution >= 4 is 61.8 Å². The van der Waals surface area contributed by atoms with E-state index in [4.69, 9.17) is 32.5 Å². The van der Waals surface area contributed by atoms with Crippen LogP contribution < -0.4 is 4.90 Å². The number of hydrogen-bond acceptors (Lipinski definition) is 9. The lowest BCUT2D eigenvalue weighted by Gasteiger charge is -2.38. The molecule has 44 heavy (non-hydrogen) atoms. The Morgan fingerprint density at radius 1 is 1.05 bits per heavy atom. The molecule has 1 aliphatic carbocycles. The molecule has 0 N–H and O–H groups in total. The highest BCUT2D eigenvalue weighted by Crippen LogP contribution is 2.48. The largest absolute Gasteiger partial charge is 0.465 e. The number of fused-ring (bicyclic) bond motifs is 3. The quantitative estimate of drug-likeness (QED) is 0.190. The number of esters is 2. The summed E-state index contributed by atoms with van der Waals surface area (Å²) in [5.74, 6) is -0.893. The minimum atomic E-state index is -4.71. The van der Waals surface area contributed by atoms with E-state index in [-0.39, 0.29) is 45.0 Å². The summed E-state index contributed by atoms with van der Waals surface area (Å²) in [7, 11) is 1.12. The van der Waals surface area contributed by atoms with Crippen molar-refractivity contribution in [3.05, 3.63) is 62.8 Å². The molecule has 1 saturated carbocycles. The average molecular weight is 667 g/mol. The van der Waals surface area contributed by atoms with E-state index in [1.807, 2.05) is 4.90 Å². The molecule has 3 fully saturated rings. The molecule has 230 valence electrons. The molecule has 2 saturated heterocycles. The number of hydrogen-bond donors (Lipinski definition) is 0. The third-order valence-electron chi connectivity index (χ3n) is 8.46. The molecule has 4 heterocycles. The number of ether oxygens (including phenoxy) is 2. The van der Waals surface area contributed by atoms with E-state index in [9.17, 15) is 22.8 Å². The maximum atomic E-state index is 14.0. The molecule has 4 aromatic rings. The zero-order valence-electron chi connectivity index (χ0n) is 23.1. The number of alkyl halides is 3. The number of thiazole rings is 1. The highest BCUT2D eigenvalue weighted by atomic mass is 35.5. The van der Waals surface area contributed by atoms with Gasteiger partial charge in [0.25, 0.3) is 0 Å². The number of anilines is 1. The lowest BCUT2D eigenvalue weighted by atomic mass is 9.99. The fraction of sp³-hybridized carbons (Fsp3) is 0.400. The van der Waals surface area contributed by atoms with Gasteiger partial charge in [-0.25, -0.2) is 14.6 Å². The fourth-order valence-electron chi connectivity index (χ4n) is 6.34. The van der Waals surface area contributed by atoms with E-state index < -0.39 is 29.8 Å². The van der Waals surface area contributed by atoms with Crippen LogP contribution in [0.5, 0.6) is 0 Å². The van der Waals surface area contributed by atoms with Gasteiger partial charge in [-0.1, -0.05) is 45.8 Å². The number of nitrogens with zero attached hydrogens (tertiary/aromatic N) is 3. The highest BCUT2D eigenvalue weighted by Gasteiger charge is 2.45. The topological polar surface area (TPSA) is 94.8 Å². The van der Waals surface area contributed by atoms with Gasteiger partial charge in [0.15, 0.2) is 10.9 Å². The Morgan fingerprint density at radius 2 is 1.73 bits per heavy atom. The molecule has 7 rings (SSSR count). The Balaban J connectivity index is 1.15. The first-order valence-electron chi connectivity index (χ1n) is 14.1. The van der Waals surface area contributed by atoms with E-state index in [1.54, 1.807) is 18.2 Å². The maximum absolute atomic E-state index is 14.0. The van der Waals surface area contributed by atoms with E-state index in [2.05, 4.69) is 14.9 Å². The predicted octanol–water partition coefficient (Wildman–Crippen LogP) is 8.30. The molecule has 0 radical (unpaired) electrons. The molecule has 3 aliphatic rings. The first-order chi connectivity index (χ1) is 21.0. The van der Waals surface area contributed by atoms with Crippen LogP contribution in [0.3, 0.4) is 0 Å². The van der Waals surface area contributed by atoms with Gasteiger partial charge in [-0.05, 0) is 49.9 Å². The van der Waals surface area contributed by atoms with Crippen LogP contribution >= 0.6 is 34.5 Å². The van der Waals surface area contributed by atoms with Crippen LogP contribution in [0.25, 0.3) is 21.5 Å². The fourth-order valence-corrected chi connectivity index (χ4v) is 8.10. The minimum Gasteiger partial charge on any atom is -0.465 e. The van der Waals surface area contributed by atoms with Crippen molar-refractivity contribution in [2.45, 2.75) is 68.8 Å². The molecule has 2 aliphatic heterocycles. The van der Waals surface area contributed by atoms with E-state index in [1.165, 1.54) is 6.07 Å². The molecule has 0 spiro atoms. The van der Waals surface area contributed by atoms with E-state index in [0.717, 1.165) is 50.2 Å². The number of benzene rings is 2. The van der Waals surface area contributed by atoms with E-state index >= 15 is 0 Å². The molecule has 2 aromatic carbocycles. The molecule has 0 unspecified atom stereocenters. The number of methoxy groups -OCH3 is 1. The van der Waals surface area contributed by atoms with Gasteiger partial charge in [0.2, 0.25) is 0 Å². The molecular weight excluding hydrogens is 642 g/mol. The first kappa shape index (κ1) is 29.4. The van der Waals surface area contributed by atoms with Crippen molar-refractivity contribution in [2.75, 3.05) is 12.0 Å². The van der Waals surface area contributed by atoms with Gasteiger partial charge in [0.1, 0.15) is 17.4 Å². The van der Waals surface area contributed by atoms with Crippen LogP contribution in [-0.4, -0.2) is 47.4 Å². The molecule has 2 aromatic heterocycles. The zero-order valence-corrected chi connectivity index (χ0v) is 25.4. The molecule has 0 amide bonds. The number of carbonyl (C=O) groups excluding carboxylic acids is 2. The van der Waals surface area contributed by atoms with Gasteiger partial charge in [0.05, 0.1) is 38.5 Å². The molecule has 8 nitrogen and oxygen atoms in total. The molecule has 14 heteroatoms. The third-order valence-corrected chi connectivity index (χ3v) is 10.1. The van der Waals surface area contributed by atoms with Crippen molar-refractivity contribution in [3.63, 3.8) is 0 Å². The van der Waals surface area contributed by atoms with Crippen LogP contribution in [0, 0.1) is 0 Å². The van der Waals surface area contributed by atoms with Gasteiger partial charge >= 0.3 is 18.1 Å². The number of rotatable bonds is 6. The normalized spacial score (nSPS) is 21.6. The predicted molar refractivity (Wildman–Crippen MR) is 158 cm³/mol. The smallest absolute Gasteiger partial charge is 0.418 e. The second kappa shape index (κ2) is 10.9. The Kier molecular flexibility index (Phi) is 7.29. The first-order valence-corrected chi connectivity index (χ1v) is 15.6. The summed E-state index contributed by atoms with van der Waals surface area (Å²) in [6.07, 6.45) is -0.903. The summed E-state index contributed by atoms with van der Waals surface area (Å²) in [5.41, 5.74) is -0.503. The summed E-state index contributed by atoms with van der Waals surface area (Å²) in [4.78, 5) is 32.3. The number of halogens is 5. The Morgan fingerprint density at radius 3 is 2.34 bits per heavy atom. The Labute approximate surface area is 263 Å². The highest BCUT2D eigenvalue weighted by molar-refractivity contribution is 7.22. The van der Waals surface area contributed by atoms with E-state index in [0.29, 0.717) is 39.3 Å². The summed E-state index contributed by atoms with van der Waals surface area (Å²) in [5, 5.41) is 5.28. The van der Waals surface area contributed by atoms with Crippen LogP contribution in [0.4, 0.5) is 18.3 Å². The van der Waals surface area contributed by atoms with Crippen LogP contribution in [0.15, 0.2) is 34.9 Å². The molecule has 2 bridgehead atoms. The van der Waals surface area contributed by atoms with Crippen molar-refractivity contribution in [1.29, 1.82) is 0 Å². The molecular formula is C30H24Cl2F3N3O5S. The van der Waals surface area contributed by atoms with Crippen molar-refractivity contribution < 1.29 is 36.8 Å². The standard InChI is InChI=1S/C30H24Cl2F3N3O5S/c1-41-27(39)14-9-18(30(33,34)35)24-21(10-14)44-29(36-24)38-15-7-8-16(38)12-17(11-15)42-28(40)23-25(37-43-26(23)13-5-6-13)22-19(31)3-2-4-20(22)32/h2-4,9-10,13,15-17H,5-8,11-12H2,1H3/t15-,16+,17-. The summed E-state index contributed by atoms with van der Waals surface area (Å²) >= 11 is 14.0. The van der Waals surface area contributed by atoms with Crippen LogP contribution in [0.1, 0.15) is 76.5 Å². The number of aromatic nitrogens is 2. The average Bonchev–Trinajstić information content (AvgIpc) is 3.48. The van der Waals surface area contributed by atoms with Crippen LogP contribution in [0.2, 0.25) is 10.0 Å². The minimum absolute atomic E-state index is 0.0680. The SMILES string of the molecule is COC(=O)c1cc(C(F)(F)F)c2nc(N3[C@@H]4CC[C@H]3C[C@H](OC(=O)c3c(-c5c(Cl)cccc5Cl)noc3C3CC3)C4)sc2c1. The monoisotopic (exact) mass is 665 g/mol. The van der Waals surface area contributed by atoms with Gasteiger partial charge < -0.3 is 18.9 Å². The van der Waals surface area contributed by atoms with Gasteiger partial charge in [-0.2, -0.15) is 13.2 Å². The maximum Gasteiger partial charge on any atom is 0.418 e. The third kappa shape index (κ3) is 5.10. The lowest BCUT2D eigenvalue weighted by molar-refractivity contribution is -0.136. The second-order valence-electron chi connectivity index (χ2n) is 11.3. The van der Waals surface area contributed by atoms with Crippen molar-refractivity contribution in [2.24, 2.45) is 0 Å². The summed E-state index contributed by atoms with van der Waals surface area (Å²) in [6, 6.07) is 6.99. The molecule has 3 atom stereocenters. The zero-order chi connectivity index (χ0) is 30.9. The van der Waals surface area contributed by atoms with Crippen molar-refractivity contribution in [1.82, 2.24) is 10.1 Å². The number of carbonyl (C=O) groups is 2. The number of piperidine rings is 1. The lowest BCUT2D eigenvalue weighted by Crippen LogP contribution is -2.46. The second-order valence-corrected chi connectivity index (χ2v) is 13.1.